The molecule has 5 nitrogen and oxygen atoms in total. The summed E-state index contributed by atoms with van der Waals surface area (Å²) in [6.45, 7) is 5.68. The number of ether oxygens (including phenoxy) is 1. The standard InChI is InChI=1S/C14H18N2O3/c1-4-5-8-19-14(18)11(3)16-10(2)6-7-12(9-15)13(16)17/h6-7,11H,4-5,8H2,1-3H3. The van der Waals surface area contributed by atoms with Gasteiger partial charge in [0.05, 0.1) is 6.61 Å². The molecule has 0 amide bonds. The topological polar surface area (TPSA) is 72.1 Å². The molecule has 1 heterocycles. The largest absolute Gasteiger partial charge is 0.464 e. The van der Waals surface area contributed by atoms with Gasteiger partial charge in [-0.1, -0.05) is 13.3 Å². The van der Waals surface area contributed by atoms with E-state index >= 15 is 0 Å². The lowest BCUT2D eigenvalue weighted by Gasteiger charge is -2.17. The van der Waals surface area contributed by atoms with Crippen LogP contribution in [0.2, 0.25) is 0 Å². The minimum Gasteiger partial charge on any atom is -0.464 e. The van der Waals surface area contributed by atoms with Gasteiger partial charge in [0.1, 0.15) is 17.7 Å². The smallest absolute Gasteiger partial charge is 0.328 e. The third-order valence-electron chi connectivity index (χ3n) is 2.91. The average molecular weight is 262 g/mol. The van der Waals surface area contributed by atoms with Crippen molar-refractivity contribution in [2.45, 2.75) is 39.7 Å². The van der Waals surface area contributed by atoms with Crippen LogP contribution in [-0.2, 0) is 9.53 Å². The molecule has 0 aliphatic heterocycles. The van der Waals surface area contributed by atoms with Crippen molar-refractivity contribution >= 4 is 5.97 Å². The highest BCUT2D eigenvalue weighted by molar-refractivity contribution is 5.74. The van der Waals surface area contributed by atoms with Crippen LogP contribution in [-0.4, -0.2) is 17.1 Å². The second kappa shape index (κ2) is 6.74. The van der Waals surface area contributed by atoms with Crippen LogP contribution in [0.4, 0.5) is 0 Å². The lowest BCUT2D eigenvalue weighted by molar-refractivity contribution is -0.147. The Labute approximate surface area is 112 Å². The van der Waals surface area contributed by atoms with E-state index in [4.69, 9.17) is 10.00 Å². The maximum Gasteiger partial charge on any atom is 0.328 e. The second-order valence-electron chi connectivity index (χ2n) is 4.37. The lowest BCUT2D eigenvalue weighted by atomic mass is 10.2. The van der Waals surface area contributed by atoms with Gasteiger partial charge in [-0.2, -0.15) is 5.26 Å². The van der Waals surface area contributed by atoms with Gasteiger partial charge < -0.3 is 4.74 Å². The Morgan fingerprint density at radius 1 is 1.53 bits per heavy atom. The summed E-state index contributed by atoms with van der Waals surface area (Å²) in [6.07, 6.45) is 1.73. The van der Waals surface area contributed by atoms with Gasteiger partial charge in [0, 0.05) is 5.69 Å². The molecule has 0 bridgehead atoms. The predicted octanol–water partition coefficient (Wildman–Crippen LogP) is 1.93. The molecular formula is C14H18N2O3. The van der Waals surface area contributed by atoms with E-state index in [0.29, 0.717) is 12.3 Å². The zero-order chi connectivity index (χ0) is 14.4. The molecule has 19 heavy (non-hydrogen) atoms. The fourth-order valence-electron chi connectivity index (χ4n) is 1.75. The zero-order valence-corrected chi connectivity index (χ0v) is 11.5. The van der Waals surface area contributed by atoms with E-state index in [1.165, 1.54) is 10.6 Å². The molecule has 0 spiro atoms. The number of nitrogens with zero attached hydrogens (tertiary/aromatic N) is 2. The molecule has 0 fully saturated rings. The third-order valence-corrected chi connectivity index (χ3v) is 2.91. The summed E-state index contributed by atoms with van der Waals surface area (Å²) >= 11 is 0. The van der Waals surface area contributed by atoms with E-state index < -0.39 is 17.6 Å². The molecule has 0 radical (unpaired) electrons. The van der Waals surface area contributed by atoms with Crippen LogP contribution >= 0.6 is 0 Å². The van der Waals surface area contributed by atoms with Gasteiger partial charge in [-0.3, -0.25) is 9.36 Å². The van der Waals surface area contributed by atoms with Gasteiger partial charge in [-0.25, -0.2) is 4.79 Å². The number of esters is 1. The lowest BCUT2D eigenvalue weighted by Crippen LogP contribution is -2.32. The first kappa shape index (κ1) is 15.0. The first-order valence-corrected chi connectivity index (χ1v) is 6.31. The number of hydrogen-bond donors (Lipinski definition) is 0. The molecule has 1 aromatic heterocycles. The molecule has 102 valence electrons. The average Bonchev–Trinajstić information content (AvgIpc) is 2.39. The van der Waals surface area contributed by atoms with Crippen molar-refractivity contribution in [1.82, 2.24) is 4.57 Å². The van der Waals surface area contributed by atoms with Crippen molar-refractivity contribution in [1.29, 1.82) is 5.26 Å². The van der Waals surface area contributed by atoms with Gasteiger partial charge >= 0.3 is 5.97 Å². The second-order valence-corrected chi connectivity index (χ2v) is 4.37. The van der Waals surface area contributed by atoms with E-state index in [1.807, 2.05) is 13.0 Å². The van der Waals surface area contributed by atoms with Crippen LogP contribution in [0.15, 0.2) is 16.9 Å². The fourth-order valence-corrected chi connectivity index (χ4v) is 1.75. The number of carbonyl (C=O) groups excluding carboxylic acids is 1. The van der Waals surface area contributed by atoms with Crippen LogP contribution in [0.25, 0.3) is 0 Å². The zero-order valence-electron chi connectivity index (χ0n) is 11.5. The van der Waals surface area contributed by atoms with Crippen molar-refractivity contribution < 1.29 is 9.53 Å². The van der Waals surface area contributed by atoms with Crippen molar-refractivity contribution in [3.8, 4) is 6.07 Å². The highest BCUT2D eigenvalue weighted by Gasteiger charge is 2.20. The molecule has 1 aromatic rings. The summed E-state index contributed by atoms with van der Waals surface area (Å²) in [5.41, 5.74) is 0.199. The molecule has 0 aliphatic rings. The van der Waals surface area contributed by atoms with Gasteiger partial charge in [0.2, 0.25) is 0 Å². The number of hydrogen-bond acceptors (Lipinski definition) is 4. The Hall–Kier alpha value is -2.09. The van der Waals surface area contributed by atoms with E-state index in [0.717, 1.165) is 12.8 Å². The summed E-state index contributed by atoms with van der Waals surface area (Å²) in [5, 5.41) is 8.85. The molecular weight excluding hydrogens is 244 g/mol. The van der Waals surface area contributed by atoms with Gasteiger partial charge in [-0.05, 0) is 32.4 Å². The van der Waals surface area contributed by atoms with Crippen LogP contribution < -0.4 is 5.56 Å². The van der Waals surface area contributed by atoms with E-state index in [1.54, 1.807) is 19.9 Å². The van der Waals surface area contributed by atoms with Gasteiger partial charge in [0.25, 0.3) is 5.56 Å². The molecule has 5 heteroatoms. The Morgan fingerprint density at radius 2 is 2.21 bits per heavy atom. The Balaban J connectivity index is 3.00. The summed E-state index contributed by atoms with van der Waals surface area (Å²) in [5.74, 6) is -0.450. The van der Waals surface area contributed by atoms with E-state index in [9.17, 15) is 9.59 Å². The molecule has 0 aliphatic carbocycles. The molecule has 0 saturated carbocycles. The van der Waals surface area contributed by atoms with Crippen molar-refractivity contribution in [2.24, 2.45) is 0 Å². The Bertz CT molecular complexity index is 555. The first-order chi connectivity index (χ1) is 9.02. The summed E-state index contributed by atoms with van der Waals surface area (Å²) in [6, 6.07) is 4.21. The van der Waals surface area contributed by atoms with Crippen molar-refractivity contribution in [3.63, 3.8) is 0 Å². The number of carbonyl (C=O) groups is 1. The molecule has 1 rings (SSSR count). The number of pyridine rings is 1. The minimum atomic E-state index is -0.724. The quantitative estimate of drug-likeness (QED) is 0.600. The summed E-state index contributed by atoms with van der Waals surface area (Å²) in [4.78, 5) is 23.9. The predicted molar refractivity (Wildman–Crippen MR) is 70.7 cm³/mol. The maximum atomic E-state index is 12.0. The highest BCUT2D eigenvalue weighted by atomic mass is 16.5. The summed E-state index contributed by atoms with van der Waals surface area (Å²) in [7, 11) is 0. The number of aromatic nitrogens is 1. The van der Waals surface area contributed by atoms with E-state index in [-0.39, 0.29) is 5.56 Å². The fraction of sp³-hybridized carbons (Fsp3) is 0.500. The Kier molecular flexibility index (Phi) is 5.31. The molecule has 0 N–H and O–H groups in total. The molecule has 0 saturated heterocycles. The molecule has 0 aromatic carbocycles. The Morgan fingerprint density at radius 3 is 2.79 bits per heavy atom. The molecule has 1 atom stereocenters. The van der Waals surface area contributed by atoms with Crippen LogP contribution in [0.5, 0.6) is 0 Å². The highest BCUT2D eigenvalue weighted by Crippen LogP contribution is 2.10. The monoisotopic (exact) mass is 262 g/mol. The minimum absolute atomic E-state index is 0.0267. The maximum absolute atomic E-state index is 12.0. The van der Waals surface area contributed by atoms with Crippen LogP contribution in [0.3, 0.4) is 0 Å². The van der Waals surface area contributed by atoms with Gasteiger partial charge in [0.15, 0.2) is 0 Å². The van der Waals surface area contributed by atoms with E-state index in [2.05, 4.69) is 0 Å². The summed E-state index contributed by atoms with van der Waals surface area (Å²) < 4.78 is 6.40. The SMILES string of the molecule is CCCCOC(=O)C(C)n1c(C)ccc(C#N)c1=O. The number of nitriles is 1. The van der Waals surface area contributed by atoms with Crippen LogP contribution in [0, 0.1) is 18.3 Å². The third kappa shape index (κ3) is 3.44. The first-order valence-electron chi connectivity index (χ1n) is 6.31. The number of unbranched alkanes of at least 4 members (excludes halogenated alkanes) is 1. The number of aryl methyl sites for hydroxylation is 1. The number of rotatable bonds is 5. The molecule has 1 unspecified atom stereocenters. The van der Waals surface area contributed by atoms with Gasteiger partial charge in [-0.15, -0.1) is 0 Å². The normalized spacial score (nSPS) is 11.7. The van der Waals surface area contributed by atoms with Crippen molar-refractivity contribution in [2.75, 3.05) is 6.61 Å². The van der Waals surface area contributed by atoms with Crippen molar-refractivity contribution in [3.05, 3.63) is 33.7 Å². The van der Waals surface area contributed by atoms with Crippen LogP contribution in [0.1, 0.15) is 44.0 Å².